The van der Waals surface area contributed by atoms with Crippen molar-refractivity contribution in [3.63, 3.8) is 0 Å². The van der Waals surface area contributed by atoms with Crippen molar-refractivity contribution >= 4 is 23.6 Å². The number of hydrogen-bond acceptors (Lipinski definition) is 2. The number of piperazine rings is 1. The number of hydrogen-bond donors (Lipinski definition) is 0. The zero-order chi connectivity index (χ0) is 19.4. The minimum atomic E-state index is -0.219. The standard InChI is InChI=1S/C22H24ClFN2O/c1-16-14-26(22(27)12-7-18-3-8-20(23)9-4-18)17(2)13-25(16)15-19-5-10-21(24)11-6-19/h3-12,16-17H,13-15H2,1-2H3. The van der Waals surface area contributed by atoms with Gasteiger partial charge in [-0.25, -0.2) is 4.39 Å². The van der Waals surface area contributed by atoms with Crippen LogP contribution in [0.15, 0.2) is 54.6 Å². The van der Waals surface area contributed by atoms with E-state index in [-0.39, 0.29) is 23.8 Å². The van der Waals surface area contributed by atoms with Gasteiger partial charge >= 0.3 is 0 Å². The lowest BCUT2D eigenvalue weighted by Gasteiger charge is -2.44. The fourth-order valence-corrected chi connectivity index (χ4v) is 3.51. The lowest BCUT2D eigenvalue weighted by molar-refractivity contribution is -0.131. The Morgan fingerprint density at radius 3 is 2.41 bits per heavy atom. The van der Waals surface area contributed by atoms with Gasteiger partial charge in [0.15, 0.2) is 0 Å². The van der Waals surface area contributed by atoms with E-state index in [1.807, 2.05) is 47.4 Å². The molecule has 0 spiro atoms. The van der Waals surface area contributed by atoms with Crippen LogP contribution in [0.3, 0.4) is 0 Å². The molecule has 0 saturated carbocycles. The normalized spacial score (nSPS) is 21.0. The van der Waals surface area contributed by atoms with Crippen LogP contribution in [0, 0.1) is 5.82 Å². The molecule has 0 aliphatic carbocycles. The number of benzene rings is 2. The molecular formula is C22H24ClFN2O. The molecule has 0 bridgehead atoms. The summed E-state index contributed by atoms with van der Waals surface area (Å²) in [5.41, 5.74) is 2.03. The SMILES string of the molecule is CC1CN(C(=O)C=Cc2ccc(Cl)cc2)C(C)CN1Cc1ccc(F)cc1. The van der Waals surface area contributed by atoms with E-state index in [1.165, 1.54) is 12.1 Å². The highest BCUT2D eigenvalue weighted by Crippen LogP contribution is 2.19. The van der Waals surface area contributed by atoms with E-state index in [1.54, 1.807) is 6.08 Å². The van der Waals surface area contributed by atoms with E-state index in [9.17, 15) is 9.18 Å². The quantitative estimate of drug-likeness (QED) is 0.716. The molecule has 1 aliphatic heterocycles. The molecule has 0 aromatic heterocycles. The van der Waals surface area contributed by atoms with Gasteiger partial charge in [-0.3, -0.25) is 9.69 Å². The number of amides is 1. The van der Waals surface area contributed by atoms with Crippen LogP contribution in [-0.4, -0.2) is 40.9 Å². The summed E-state index contributed by atoms with van der Waals surface area (Å²) in [5.74, 6) is -0.200. The van der Waals surface area contributed by atoms with E-state index in [4.69, 9.17) is 11.6 Å². The van der Waals surface area contributed by atoms with E-state index < -0.39 is 0 Å². The molecule has 1 fully saturated rings. The molecule has 0 radical (unpaired) electrons. The minimum Gasteiger partial charge on any atom is -0.334 e. The lowest BCUT2D eigenvalue weighted by Crippen LogP contribution is -2.57. The van der Waals surface area contributed by atoms with Crippen molar-refractivity contribution in [3.8, 4) is 0 Å². The van der Waals surface area contributed by atoms with E-state index in [2.05, 4.69) is 18.7 Å². The first-order valence-corrected chi connectivity index (χ1v) is 9.53. The summed E-state index contributed by atoms with van der Waals surface area (Å²) in [5, 5.41) is 0.679. The van der Waals surface area contributed by atoms with Gasteiger partial charge in [-0.05, 0) is 55.3 Å². The topological polar surface area (TPSA) is 23.6 Å². The molecule has 1 saturated heterocycles. The molecule has 1 amide bonds. The fraction of sp³-hybridized carbons (Fsp3) is 0.318. The molecule has 2 unspecified atom stereocenters. The third-order valence-electron chi connectivity index (χ3n) is 4.99. The molecule has 142 valence electrons. The highest BCUT2D eigenvalue weighted by molar-refractivity contribution is 6.30. The summed E-state index contributed by atoms with van der Waals surface area (Å²) in [6.07, 6.45) is 3.45. The first-order chi connectivity index (χ1) is 12.9. The van der Waals surface area contributed by atoms with Crippen LogP contribution in [0.25, 0.3) is 6.08 Å². The highest BCUT2D eigenvalue weighted by atomic mass is 35.5. The van der Waals surface area contributed by atoms with Crippen molar-refractivity contribution in [1.82, 2.24) is 9.80 Å². The van der Waals surface area contributed by atoms with Gasteiger partial charge in [-0.15, -0.1) is 0 Å². The smallest absolute Gasteiger partial charge is 0.246 e. The summed E-state index contributed by atoms with van der Waals surface area (Å²) in [4.78, 5) is 16.9. The van der Waals surface area contributed by atoms with Crippen LogP contribution < -0.4 is 0 Å². The number of carbonyl (C=O) groups excluding carboxylic acids is 1. The Labute approximate surface area is 165 Å². The van der Waals surface area contributed by atoms with Crippen molar-refractivity contribution in [2.75, 3.05) is 13.1 Å². The van der Waals surface area contributed by atoms with Crippen LogP contribution in [0.4, 0.5) is 4.39 Å². The van der Waals surface area contributed by atoms with Gasteiger partial charge < -0.3 is 4.90 Å². The molecule has 27 heavy (non-hydrogen) atoms. The number of nitrogens with zero attached hydrogens (tertiary/aromatic N) is 2. The number of carbonyl (C=O) groups is 1. The van der Waals surface area contributed by atoms with Crippen LogP contribution >= 0.6 is 11.6 Å². The maximum Gasteiger partial charge on any atom is 0.246 e. The van der Waals surface area contributed by atoms with E-state index in [0.29, 0.717) is 11.6 Å². The Bertz CT molecular complexity index is 804. The Kier molecular flexibility index (Phi) is 6.30. The molecule has 1 heterocycles. The molecular weight excluding hydrogens is 363 g/mol. The summed E-state index contributed by atoms with van der Waals surface area (Å²) in [6.45, 7) is 6.41. The van der Waals surface area contributed by atoms with Crippen LogP contribution in [-0.2, 0) is 11.3 Å². The van der Waals surface area contributed by atoms with Gasteiger partial charge in [0.2, 0.25) is 5.91 Å². The second kappa shape index (κ2) is 8.68. The van der Waals surface area contributed by atoms with Crippen molar-refractivity contribution < 1.29 is 9.18 Å². The molecule has 2 atom stereocenters. The van der Waals surface area contributed by atoms with E-state index in [0.717, 1.165) is 24.2 Å². The molecule has 3 rings (SSSR count). The van der Waals surface area contributed by atoms with Gasteiger partial charge in [0, 0.05) is 42.8 Å². The summed E-state index contributed by atoms with van der Waals surface area (Å²) in [6, 6.07) is 14.4. The zero-order valence-corrected chi connectivity index (χ0v) is 16.4. The van der Waals surface area contributed by atoms with E-state index >= 15 is 0 Å². The molecule has 5 heteroatoms. The van der Waals surface area contributed by atoms with Crippen molar-refractivity contribution in [1.29, 1.82) is 0 Å². The van der Waals surface area contributed by atoms with Gasteiger partial charge in [0.05, 0.1) is 0 Å². The monoisotopic (exact) mass is 386 g/mol. The van der Waals surface area contributed by atoms with Crippen LogP contribution in [0.1, 0.15) is 25.0 Å². The van der Waals surface area contributed by atoms with Gasteiger partial charge in [0.1, 0.15) is 5.82 Å². The van der Waals surface area contributed by atoms with Crippen LogP contribution in [0.2, 0.25) is 5.02 Å². The first kappa shape index (κ1) is 19.6. The number of halogens is 2. The Morgan fingerprint density at radius 1 is 1.07 bits per heavy atom. The second-order valence-corrected chi connectivity index (χ2v) is 7.57. The lowest BCUT2D eigenvalue weighted by atomic mass is 10.1. The first-order valence-electron chi connectivity index (χ1n) is 9.15. The van der Waals surface area contributed by atoms with Crippen molar-refractivity contribution in [2.45, 2.75) is 32.5 Å². The predicted octanol–water partition coefficient (Wildman–Crippen LogP) is 4.61. The summed E-state index contributed by atoms with van der Waals surface area (Å²) >= 11 is 5.89. The molecule has 1 aliphatic rings. The summed E-state index contributed by atoms with van der Waals surface area (Å²) < 4.78 is 13.1. The fourth-order valence-electron chi connectivity index (χ4n) is 3.39. The van der Waals surface area contributed by atoms with Gasteiger partial charge in [0.25, 0.3) is 0 Å². The maximum atomic E-state index is 13.1. The van der Waals surface area contributed by atoms with Crippen LogP contribution in [0.5, 0.6) is 0 Å². The molecule has 0 N–H and O–H groups in total. The highest BCUT2D eigenvalue weighted by Gasteiger charge is 2.30. The van der Waals surface area contributed by atoms with Gasteiger partial charge in [-0.2, -0.15) is 0 Å². The third kappa shape index (κ3) is 5.18. The van der Waals surface area contributed by atoms with Crippen molar-refractivity contribution in [3.05, 3.63) is 76.6 Å². The predicted molar refractivity (Wildman–Crippen MR) is 108 cm³/mol. The maximum absolute atomic E-state index is 13.1. The minimum absolute atomic E-state index is 0.0192. The number of rotatable bonds is 4. The molecule has 2 aromatic rings. The van der Waals surface area contributed by atoms with Crippen molar-refractivity contribution in [2.24, 2.45) is 0 Å². The zero-order valence-electron chi connectivity index (χ0n) is 15.6. The largest absolute Gasteiger partial charge is 0.334 e. The summed E-state index contributed by atoms with van der Waals surface area (Å²) in [7, 11) is 0. The molecule has 3 nitrogen and oxygen atoms in total. The second-order valence-electron chi connectivity index (χ2n) is 7.13. The Morgan fingerprint density at radius 2 is 1.74 bits per heavy atom. The Hall–Kier alpha value is -2.17. The average Bonchev–Trinajstić information content (AvgIpc) is 2.65. The average molecular weight is 387 g/mol. The third-order valence-corrected chi connectivity index (χ3v) is 5.24. The van der Waals surface area contributed by atoms with Gasteiger partial charge in [-0.1, -0.05) is 35.9 Å². The molecule has 2 aromatic carbocycles. The Balaban J connectivity index is 1.61.